The van der Waals surface area contributed by atoms with Gasteiger partial charge in [0, 0.05) is 29.6 Å². The average molecular weight is 261 g/mol. The van der Waals surface area contributed by atoms with E-state index >= 15 is 0 Å². The summed E-state index contributed by atoms with van der Waals surface area (Å²) in [5.74, 6) is 0. The van der Waals surface area contributed by atoms with Crippen LogP contribution < -0.4 is 5.32 Å². The van der Waals surface area contributed by atoms with Crippen molar-refractivity contribution in [1.29, 1.82) is 0 Å². The van der Waals surface area contributed by atoms with Gasteiger partial charge in [0.2, 0.25) is 0 Å². The molecule has 1 aromatic rings. The maximum Gasteiger partial charge on any atom is 0.133 e. The topological polar surface area (TPSA) is 45.1 Å². The van der Waals surface area contributed by atoms with E-state index in [1.54, 1.807) is 18.0 Å². The maximum atomic E-state index is 9.15. The molecule has 0 bridgehead atoms. The molecule has 1 heterocycles. The molecule has 1 aromatic heterocycles. The zero-order chi connectivity index (χ0) is 12.0. The van der Waals surface area contributed by atoms with Crippen LogP contribution in [0.4, 0.5) is 0 Å². The van der Waals surface area contributed by atoms with Gasteiger partial charge in [-0.3, -0.25) is 0 Å². The highest BCUT2D eigenvalue weighted by Gasteiger charge is 2.14. The van der Waals surface area contributed by atoms with Crippen LogP contribution in [0.25, 0.3) is 0 Å². The highest BCUT2D eigenvalue weighted by molar-refractivity contribution is 7.99. The van der Waals surface area contributed by atoms with Crippen molar-refractivity contribution < 1.29 is 5.11 Å². The Labute approximate surface area is 106 Å². The molecule has 0 spiro atoms. The highest BCUT2D eigenvalue weighted by Crippen LogP contribution is 2.14. The van der Waals surface area contributed by atoms with Gasteiger partial charge in [-0.2, -0.15) is 11.8 Å². The van der Waals surface area contributed by atoms with E-state index in [1.807, 2.05) is 18.4 Å². The van der Waals surface area contributed by atoms with Crippen molar-refractivity contribution in [3.05, 3.63) is 29.0 Å². The largest absolute Gasteiger partial charge is 0.395 e. The monoisotopic (exact) mass is 260 g/mol. The van der Waals surface area contributed by atoms with E-state index in [0.29, 0.717) is 11.7 Å². The number of aliphatic hydroxyl groups excluding tert-OH is 1. The van der Waals surface area contributed by atoms with E-state index < -0.39 is 0 Å². The van der Waals surface area contributed by atoms with Crippen molar-refractivity contribution in [2.75, 3.05) is 12.9 Å². The van der Waals surface area contributed by atoms with Gasteiger partial charge < -0.3 is 10.4 Å². The lowest BCUT2D eigenvalue weighted by atomic mass is 10.2. The summed E-state index contributed by atoms with van der Waals surface area (Å²) in [5, 5.41) is 13.2. The Balaban J connectivity index is 2.48. The van der Waals surface area contributed by atoms with E-state index in [4.69, 9.17) is 16.7 Å². The lowest BCUT2D eigenvalue weighted by Gasteiger charge is -2.21. The summed E-state index contributed by atoms with van der Waals surface area (Å²) >= 11 is 7.61. The number of nitrogens with one attached hydrogen (secondary N) is 1. The van der Waals surface area contributed by atoms with E-state index in [-0.39, 0.29) is 17.9 Å². The van der Waals surface area contributed by atoms with Crippen LogP contribution >= 0.6 is 23.4 Å². The first-order valence-corrected chi connectivity index (χ1v) is 6.82. The molecule has 0 saturated heterocycles. The lowest BCUT2D eigenvalue weighted by Crippen LogP contribution is -2.37. The number of aromatic nitrogens is 1. The maximum absolute atomic E-state index is 9.15. The number of hydrogen-bond acceptors (Lipinski definition) is 4. The van der Waals surface area contributed by atoms with Gasteiger partial charge >= 0.3 is 0 Å². The van der Waals surface area contributed by atoms with E-state index in [1.165, 1.54) is 0 Å². The van der Waals surface area contributed by atoms with Gasteiger partial charge in [0.25, 0.3) is 0 Å². The summed E-state index contributed by atoms with van der Waals surface area (Å²) in [6.07, 6.45) is 3.67. The van der Waals surface area contributed by atoms with E-state index in [9.17, 15) is 0 Å². The molecule has 2 N–H and O–H groups in total. The van der Waals surface area contributed by atoms with Crippen molar-refractivity contribution in [2.24, 2.45) is 0 Å². The van der Waals surface area contributed by atoms with Crippen LogP contribution in [0.3, 0.4) is 0 Å². The number of pyridine rings is 1. The number of nitrogens with zero attached hydrogens (tertiary/aromatic N) is 1. The smallest absolute Gasteiger partial charge is 0.133 e. The Morgan fingerprint density at radius 1 is 1.62 bits per heavy atom. The fourth-order valence-electron chi connectivity index (χ4n) is 1.39. The molecule has 0 aliphatic heterocycles. The van der Waals surface area contributed by atoms with E-state index in [2.05, 4.69) is 17.2 Å². The van der Waals surface area contributed by atoms with Crippen LogP contribution in [0.1, 0.15) is 12.5 Å². The zero-order valence-electron chi connectivity index (χ0n) is 9.48. The second kappa shape index (κ2) is 7.12. The molecule has 2 unspecified atom stereocenters. The Hall–Kier alpha value is -0.290. The van der Waals surface area contributed by atoms with Crippen molar-refractivity contribution in [2.45, 2.75) is 24.8 Å². The molecule has 1 rings (SSSR count). The average Bonchev–Trinajstić information content (AvgIpc) is 2.29. The van der Waals surface area contributed by atoms with Crippen molar-refractivity contribution >= 4 is 23.4 Å². The van der Waals surface area contributed by atoms with Crippen LogP contribution in [0.2, 0.25) is 5.15 Å². The lowest BCUT2D eigenvalue weighted by molar-refractivity contribution is 0.276. The van der Waals surface area contributed by atoms with Gasteiger partial charge in [-0.25, -0.2) is 4.98 Å². The normalized spacial score (nSPS) is 14.8. The third-order valence-corrected chi connectivity index (χ3v) is 3.99. The van der Waals surface area contributed by atoms with Crippen molar-refractivity contribution in [3.8, 4) is 0 Å². The number of hydrogen-bond donors (Lipinski definition) is 2. The third kappa shape index (κ3) is 3.94. The minimum atomic E-state index is 0.177. The SMILES string of the molecule is CSC(CO)C(C)NCc1cccnc1Cl. The van der Waals surface area contributed by atoms with Crippen molar-refractivity contribution in [3.63, 3.8) is 0 Å². The van der Waals surface area contributed by atoms with Crippen LogP contribution in [-0.2, 0) is 6.54 Å². The summed E-state index contributed by atoms with van der Waals surface area (Å²) in [4.78, 5) is 4.01. The van der Waals surface area contributed by atoms with E-state index in [0.717, 1.165) is 5.56 Å². The highest BCUT2D eigenvalue weighted by atomic mass is 35.5. The first-order chi connectivity index (χ1) is 7.69. The van der Waals surface area contributed by atoms with Crippen LogP contribution in [-0.4, -0.2) is 34.2 Å². The molecule has 5 heteroatoms. The Morgan fingerprint density at radius 3 is 2.94 bits per heavy atom. The molecule has 0 aliphatic rings. The predicted octanol–water partition coefficient (Wildman–Crippen LogP) is 1.94. The summed E-state index contributed by atoms with van der Waals surface area (Å²) in [5.41, 5.74) is 0.980. The van der Waals surface area contributed by atoms with Crippen LogP contribution in [0, 0.1) is 0 Å². The molecule has 0 aliphatic carbocycles. The summed E-state index contributed by atoms with van der Waals surface area (Å²) in [6, 6.07) is 4.05. The molecule has 90 valence electrons. The molecule has 0 saturated carbocycles. The molecular weight excluding hydrogens is 244 g/mol. The fourth-order valence-corrected chi connectivity index (χ4v) is 2.23. The first-order valence-electron chi connectivity index (χ1n) is 5.15. The summed E-state index contributed by atoms with van der Waals surface area (Å²) in [6.45, 7) is 2.91. The molecule has 0 aromatic carbocycles. The third-order valence-electron chi connectivity index (χ3n) is 2.49. The van der Waals surface area contributed by atoms with Gasteiger partial charge in [-0.15, -0.1) is 0 Å². The number of thioether (sulfide) groups is 1. The molecule has 3 nitrogen and oxygen atoms in total. The van der Waals surface area contributed by atoms with Gasteiger partial charge in [0.1, 0.15) is 5.15 Å². The predicted molar refractivity (Wildman–Crippen MR) is 69.9 cm³/mol. The van der Waals surface area contributed by atoms with Crippen LogP contribution in [0.15, 0.2) is 18.3 Å². The quantitative estimate of drug-likeness (QED) is 0.768. The zero-order valence-corrected chi connectivity index (χ0v) is 11.1. The second-order valence-electron chi connectivity index (χ2n) is 3.58. The molecule has 0 radical (unpaired) electrons. The second-order valence-corrected chi connectivity index (χ2v) is 5.01. The Bertz CT molecular complexity index is 321. The number of aliphatic hydroxyl groups is 1. The van der Waals surface area contributed by atoms with Crippen LogP contribution in [0.5, 0.6) is 0 Å². The van der Waals surface area contributed by atoms with Gasteiger partial charge in [0.15, 0.2) is 0 Å². The summed E-state index contributed by atoms with van der Waals surface area (Å²) < 4.78 is 0. The Kier molecular flexibility index (Phi) is 6.13. The molecule has 0 fully saturated rings. The van der Waals surface area contributed by atoms with Gasteiger partial charge in [-0.05, 0) is 19.2 Å². The minimum absolute atomic E-state index is 0.177. The number of rotatable bonds is 6. The molecule has 2 atom stereocenters. The van der Waals surface area contributed by atoms with Crippen molar-refractivity contribution in [1.82, 2.24) is 10.3 Å². The van der Waals surface area contributed by atoms with Gasteiger partial charge in [-0.1, -0.05) is 17.7 Å². The fraction of sp³-hybridized carbons (Fsp3) is 0.545. The summed E-state index contributed by atoms with van der Waals surface area (Å²) in [7, 11) is 0. The first kappa shape index (κ1) is 13.8. The minimum Gasteiger partial charge on any atom is -0.395 e. The number of halogens is 1. The van der Waals surface area contributed by atoms with Gasteiger partial charge in [0.05, 0.1) is 6.61 Å². The molecule has 16 heavy (non-hydrogen) atoms. The molecular formula is C11H17ClN2OS. The Morgan fingerprint density at radius 2 is 2.38 bits per heavy atom. The standard InChI is InChI=1S/C11H17ClN2OS/c1-8(10(7-15)16-2)14-6-9-4-3-5-13-11(9)12/h3-5,8,10,14-15H,6-7H2,1-2H3. The molecule has 0 amide bonds.